The van der Waals surface area contributed by atoms with Crippen molar-refractivity contribution in [1.29, 1.82) is 0 Å². The highest BCUT2D eigenvalue weighted by Crippen LogP contribution is 1.95. The van der Waals surface area contributed by atoms with Gasteiger partial charge in [-0.15, -0.1) is 0 Å². The lowest BCUT2D eigenvalue weighted by Gasteiger charge is -2.13. The highest BCUT2D eigenvalue weighted by Gasteiger charge is 2.20. The van der Waals surface area contributed by atoms with E-state index in [1.54, 1.807) is 0 Å². The predicted octanol–water partition coefficient (Wildman–Crippen LogP) is -1.12. The van der Waals surface area contributed by atoms with Crippen molar-refractivity contribution >= 4 is 11.8 Å². The summed E-state index contributed by atoms with van der Waals surface area (Å²) in [6.45, 7) is -0.189. The molecule has 92 valence electrons. The van der Waals surface area contributed by atoms with Crippen molar-refractivity contribution < 1.29 is 14.7 Å². The van der Waals surface area contributed by atoms with E-state index in [0.717, 1.165) is 4.57 Å². The van der Waals surface area contributed by atoms with Gasteiger partial charge in [-0.05, 0) is 7.05 Å². The molecule has 0 aliphatic heterocycles. The van der Waals surface area contributed by atoms with Gasteiger partial charge in [-0.1, -0.05) is 0 Å². The molecule has 7 nitrogen and oxygen atoms in total. The van der Waals surface area contributed by atoms with Crippen LogP contribution in [-0.4, -0.2) is 39.5 Å². The maximum absolute atomic E-state index is 11.7. The van der Waals surface area contributed by atoms with E-state index in [1.165, 1.54) is 25.6 Å². The van der Waals surface area contributed by atoms with Crippen LogP contribution in [0.15, 0.2) is 23.4 Å². The minimum atomic E-state index is -1.07. The monoisotopic (exact) mass is 239 g/mol. The summed E-state index contributed by atoms with van der Waals surface area (Å²) in [6, 6.07) is 0.429. The molecule has 7 heteroatoms. The third kappa shape index (κ3) is 3.80. The van der Waals surface area contributed by atoms with Crippen LogP contribution in [-0.2, 0) is 16.1 Å². The van der Waals surface area contributed by atoms with E-state index in [1.807, 2.05) is 0 Å². The van der Waals surface area contributed by atoms with Crippen LogP contribution in [0.4, 0.5) is 0 Å². The average Bonchev–Trinajstić information content (AvgIpc) is 2.28. The van der Waals surface area contributed by atoms with Gasteiger partial charge in [0.1, 0.15) is 0 Å². The summed E-state index contributed by atoms with van der Waals surface area (Å²) in [6.07, 6.45) is 2.26. The Morgan fingerprint density at radius 3 is 2.82 bits per heavy atom. The van der Waals surface area contributed by atoms with Crippen LogP contribution in [0.2, 0.25) is 0 Å². The van der Waals surface area contributed by atoms with Gasteiger partial charge < -0.3 is 10.4 Å². The molecule has 1 aromatic rings. The Labute approximate surface area is 97.1 Å². The first-order chi connectivity index (χ1) is 8.04. The fraction of sp³-hybridized carbons (Fsp3) is 0.400. The van der Waals surface area contributed by atoms with Crippen molar-refractivity contribution in [1.82, 2.24) is 14.9 Å². The van der Waals surface area contributed by atoms with Crippen LogP contribution in [0.5, 0.6) is 0 Å². The lowest BCUT2D eigenvalue weighted by atomic mass is 10.1. The van der Waals surface area contributed by atoms with Gasteiger partial charge in [0.25, 0.3) is 5.56 Å². The number of carbonyl (C=O) groups is 2. The Bertz CT molecular complexity index is 469. The first kappa shape index (κ1) is 13.0. The summed E-state index contributed by atoms with van der Waals surface area (Å²) in [5.41, 5.74) is -0.349. The molecule has 0 bridgehead atoms. The van der Waals surface area contributed by atoms with E-state index < -0.39 is 12.0 Å². The molecule has 2 N–H and O–H groups in total. The van der Waals surface area contributed by atoms with Crippen LogP contribution in [0.1, 0.15) is 6.42 Å². The Kier molecular flexibility index (Phi) is 4.53. The molecule has 1 atom stereocenters. The van der Waals surface area contributed by atoms with Crippen molar-refractivity contribution in [2.24, 2.45) is 0 Å². The first-order valence-electron chi connectivity index (χ1n) is 4.97. The van der Waals surface area contributed by atoms with Crippen molar-refractivity contribution in [2.45, 2.75) is 19.0 Å². The summed E-state index contributed by atoms with van der Waals surface area (Å²) in [5, 5.41) is 11.2. The molecule has 0 amide bonds. The normalized spacial score (nSPS) is 12.1. The van der Waals surface area contributed by atoms with Gasteiger partial charge in [-0.2, -0.15) is 0 Å². The smallest absolute Gasteiger partial charge is 0.305 e. The van der Waals surface area contributed by atoms with E-state index >= 15 is 0 Å². The summed E-state index contributed by atoms with van der Waals surface area (Å²) >= 11 is 0. The van der Waals surface area contributed by atoms with Crippen molar-refractivity contribution in [3.63, 3.8) is 0 Å². The largest absolute Gasteiger partial charge is 0.481 e. The van der Waals surface area contributed by atoms with Gasteiger partial charge in [0.15, 0.2) is 5.78 Å². The van der Waals surface area contributed by atoms with Crippen molar-refractivity contribution in [2.75, 3.05) is 7.05 Å². The standard InChI is InChI=1S/C10H13N3O4/c1-11-7(4-10(16)17)8(14)5-13-6-12-3-2-9(13)15/h2-3,6-7,11H,4-5H2,1H3,(H,16,17)/t7-/m0/s1. The fourth-order valence-electron chi connectivity index (χ4n) is 1.33. The maximum Gasteiger partial charge on any atom is 0.305 e. The maximum atomic E-state index is 11.7. The van der Waals surface area contributed by atoms with E-state index in [4.69, 9.17) is 5.11 Å². The molecule has 0 radical (unpaired) electrons. The summed E-state index contributed by atoms with van der Waals surface area (Å²) in [5.74, 6) is -1.44. The molecular formula is C10H13N3O4. The quantitative estimate of drug-likeness (QED) is 0.651. The zero-order valence-electron chi connectivity index (χ0n) is 9.29. The summed E-state index contributed by atoms with van der Waals surface area (Å²) in [7, 11) is 1.50. The number of carboxylic acids is 1. The molecule has 0 spiro atoms. The second-order valence-corrected chi connectivity index (χ2v) is 3.45. The molecular weight excluding hydrogens is 226 g/mol. The Hall–Kier alpha value is -2.02. The average molecular weight is 239 g/mol. The van der Waals surface area contributed by atoms with Crippen molar-refractivity contribution in [3.05, 3.63) is 28.9 Å². The molecule has 0 aromatic carbocycles. The van der Waals surface area contributed by atoms with Gasteiger partial charge in [0.2, 0.25) is 0 Å². The lowest BCUT2D eigenvalue weighted by molar-refractivity contribution is -0.139. The highest BCUT2D eigenvalue weighted by molar-refractivity contribution is 5.87. The van der Waals surface area contributed by atoms with Gasteiger partial charge >= 0.3 is 5.97 Å². The van der Waals surface area contributed by atoms with Gasteiger partial charge in [-0.25, -0.2) is 4.98 Å². The summed E-state index contributed by atoms with van der Waals surface area (Å²) in [4.78, 5) is 37.3. The molecule has 1 aromatic heterocycles. The number of hydrogen-bond acceptors (Lipinski definition) is 5. The molecule has 0 saturated carbocycles. The molecule has 0 fully saturated rings. The highest BCUT2D eigenvalue weighted by atomic mass is 16.4. The van der Waals surface area contributed by atoms with Crippen LogP contribution >= 0.6 is 0 Å². The number of carbonyl (C=O) groups excluding carboxylic acids is 1. The predicted molar refractivity (Wildman–Crippen MR) is 58.6 cm³/mol. The van der Waals surface area contributed by atoms with E-state index in [2.05, 4.69) is 10.3 Å². The molecule has 17 heavy (non-hydrogen) atoms. The van der Waals surface area contributed by atoms with Crippen LogP contribution < -0.4 is 10.9 Å². The van der Waals surface area contributed by atoms with E-state index in [0.29, 0.717) is 0 Å². The van der Waals surface area contributed by atoms with E-state index in [-0.39, 0.29) is 24.3 Å². The number of nitrogens with one attached hydrogen (secondary N) is 1. The van der Waals surface area contributed by atoms with E-state index in [9.17, 15) is 14.4 Å². The van der Waals surface area contributed by atoms with Gasteiger partial charge in [0, 0.05) is 12.3 Å². The number of aromatic nitrogens is 2. The van der Waals surface area contributed by atoms with Gasteiger partial charge in [-0.3, -0.25) is 19.0 Å². The molecule has 0 aliphatic carbocycles. The second kappa shape index (κ2) is 5.90. The number of aliphatic carboxylic acids is 1. The topological polar surface area (TPSA) is 101 Å². The minimum Gasteiger partial charge on any atom is -0.481 e. The second-order valence-electron chi connectivity index (χ2n) is 3.45. The third-order valence-corrected chi connectivity index (χ3v) is 2.23. The molecule has 0 unspecified atom stereocenters. The number of nitrogens with zero attached hydrogens (tertiary/aromatic N) is 2. The number of Topliss-reactive ketones (excluding diaryl/α,β-unsaturated/α-hetero) is 1. The molecule has 0 aliphatic rings. The minimum absolute atomic E-state index is 0.189. The summed E-state index contributed by atoms with van der Waals surface area (Å²) < 4.78 is 1.13. The zero-order chi connectivity index (χ0) is 12.8. The first-order valence-corrected chi connectivity index (χ1v) is 4.97. The number of ketones is 1. The number of rotatable bonds is 6. The van der Waals surface area contributed by atoms with Crippen molar-refractivity contribution in [3.8, 4) is 0 Å². The number of hydrogen-bond donors (Lipinski definition) is 2. The number of likely N-dealkylation sites (N-methyl/N-ethyl adjacent to an activating group) is 1. The molecule has 0 saturated heterocycles. The Morgan fingerprint density at radius 2 is 2.29 bits per heavy atom. The molecule has 1 rings (SSSR count). The Morgan fingerprint density at radius 1 is 1.59 bits per heavy atom. The SMILES string of the molecule is CN[C@@H](CC(=O)O)C(=O)Cn1cnccc1=O. The van der Waals surface area contributed by atoms with Crippen LogP contribution in [0.25, 0.3) is 0 Å². The Balaban J connectivity index is 2.74. The lowest BCUT2D eigenvalue weighted by Crippen LogP contribution is -2.39. The number of carboxylic acid groups (broad SMARTS) is 1. The fourth-order valence-corrected chi connectivity index (χ4v) is 1.33. The van der Waals surface area contributed by atoms with Crippen LogP contribution in [0.3, 0.4) is 0 Å². The molecule has 1 heterocycles. The zero-order valence-corrected chi connectivity index (χ0v) is 9.29. The van der Waals surface area contributed by atoms with Gasteiger partial charge in [0.05, 0.1) is 25.3 Å². The third-order valence-electron chi connectivity index (χ3n) is 2.23. The van der Waals surface area contributed by atoms with Crippen LogP contribution in [0, 0.1) is 0 Å².